The average Bonchev–Trinajstić information content (AvgIpc) is 2.54. The minimum atomic E-state index is -0.486. The highest BCUT2D eigenvalue weighted by atomic mass is 16.5. The number of nitrogens with one attached hydrogen (secondary N) is 1. The number of ether oxygens (including phenoxy) is 2. The molecule has 0 bridgehead atoms. The van der Waals surface area contributed by atoms with E-state index in [0.717, 1.165) is 5.56 Å². The summed E-state index contributed by atoms with van der Waals surface area (Å²) in [5, 5.41) is 2.64. The minimum absolute atomic E-state index is 0.157. The summed E-state index contributed by atoms with van der Waals surface area (Å²) in [6.07, 6.45) is 2.99. The van der Waals surface area contributed by atoms with Crippen LogP contribution in [0.25, 0.3) is 6.08 Å². The van der Waals surface area contributed by atoms with E-state index in [2.05, 4.69) is 5.32 Å². The lowest BCUT2D eigenvalue weighted by atomic mass is 10.2. The number of hydrogen-bond acceptors (Lipinski definition) is 4. The number of anilines is 1. The first kappa shape index (κ1) is 16.3. The van der Waals surface area contributed by atoms with E-state index < -0.39 is 5.97 Å². The average molecular weight is 311 g/mol. The van der Waals surface area contributed by atoms with Crippen LogP contribution >= 0.6 is 0 Å². The summed E-state index contributed by atoms with van der Waals surface area (Å²) in [5.41, 5.74) is 1.48. The molecular weight excluding hydrogens is 294 g/mol. The van der Waals surface area contributed by atoms with Gasteiger partial charge in [0.05, 0.1) is 7.11 Å². The second-order valence-electron chi connectivity index (χ2n) is 4.74. The Morgan fingerprint density at radius 3 is 2.43 bits per heavy atom. The monoisotopic (exact) mass is 311 g/mol. The maximum absolute atomic E-state index is 11.8. The third kappa shape index (κ3) is 5.32. The molecule has 0 fully saturated rings. The number of methoxy groups -OCH3 is 1. The van der Waals surface area contributed by atoms with E-state index in [1.54, 1.807) is 37.5 Å². The van der Waals surface area contributed by atoms with Crippen LogP contribution in [-0.2, 0) is 9.59 Å². The van der Waals surface area contributed by atoms with Gasteiger partial charge in [-0.2, -0.15) is 0 Å². The standard InChI is InChI=1S/C18H17NO4/c1-13(20)19-15-7-9-16(10-8-15)23-18(21)11-6-14-4-3-5-17(12-14)22-2/h3-12H,1-2H3,(H,19,20)/b11-6+. The van der Waals surface area contributed by atoms with Gasteiger partial charge in [-0.05, 0) is 48.0 Å². The molecule has 0 aliphatic rings. The minimum Gasteiger partial charge on any atom is -0.497 e. The van der Waals surface area contributed by atoms with E-state index in [1.165, 1.54) is 13.0 Å². The largest absolute Gasteiger partial charge is 0.497 e. The number of rotatable bonds is 5. The Morgan fingerprint density at radius 2 is 1.78 bits per heavy atom. The number of benzene rings is 2. The van der Waals surface area contributed by atoms with E-state index in [1.807, 2.05) is 24.3 Å². The Morgan fingerprint density at radius 1 is 1.04 bits per heavy atom. The van der Waals surface area contributed by atoms with Crippen LogP contribution in [0.4, 0.5) is 5.69 Å². The molecule has 2 aromatic carbocycles. The van der Waals surface area contributed by atoms with Gasteiger partial charge in [0, 0.05) is 18.7 Å². The van der Waals surface area contributed by atoms with Crippen LogP contribution in [0.3, 0.4) is 0 Å². The SMILES string of the molecule is COc1cccc(/C=C/C(=O)Oc2ccc(NC(C)=O)cc2)c1. The van der Waals surface area contributed by atoms with Gasteiger partial charge in [-0.1, -0.05) is 12.1 Å². The quantitative estimate of drug-likeness (QED) is 0.523. The summed E-state index contributed by atoms with van der Waals surface area (Å²) < 4.78 is 10.3. The molecule has 0 heterocycles. The summed E-state index contributed by atoms with van der Waals surface area (Å²) in [5.74, 6) is 0.476. The number of esters is 1. The Balaban J connectivity index is 1.96. The molecule has 0 aliphatic carbocycles. The van der Waals surface area contributed by atoms with Crippen molar-refractivity contribution in [3.8, 4) is 11.5 Å². The Bertz CT molecular complexity index is 720. The van der Waals surface area contributed by atoms with Crippen LogP contribution in [0.5, 0.6) is 11.5 Å². The van der Waals surface area contributed by atoms with Gasteiger partial charge in [0.2, 0.25) is 5.91 Å². The lowest BCUT2D eigenvalue weighted by Crippen LogP contribution is -2.06. The molecule has 0 aromatic heterocycles. The number of amides is 1. The van der Waals surface area contributed by atoms with Crippen LogP contribution in [0.15, 0.2) is 54.6 Å². The highest BCUT2D eigenvalue weighted by Gasteiger charge is 2.02. The van der Waals surface area contributed by atoms with Gasteiger partial charge in [-0.15, -0.1) is 0 Å². The highest BCUT2D eigenvalue weighted by molar-refractivity contribution is 5.90. The van der Waals surface area contributed by atoms with Gasteiger partial charge in [0.15, 0.2) is 0 Å². The Labute approximate surface area is 134 Å². The van der Waals surface area contributed by atoms with E-state index in [9.17, 15) is 9.59 Å². The smallest absolute Gasteiger partial charge is 0.336 e. The molecule has 2 aromatic rings. The molecule has 0 saturated heterocycles. The summed E-state index contributed by atoms with van der Waals surface area (Å²) in [4.78, 5) is 22.7. The van der Waals surface area contributed by atoms with Crippen LogP contribution in [0.1, 0.15) is 12.5 Å². The van der Waals surface area contributed by atoms with E-state index in [-0.39, 0.29) is 5.91 Å². The van der Waals surface area contributed by atoms with Crippen LogP contribution in [0.2, 0.25) is 0 Å². The van der Waals surface area contributed by atoms with Crippen molar-refractivity contribution in [2.24, 2.45) is 0 Å². The maximum Gasteiger partial charge on any atom is 0.336 e. The van der Waals surface area contributed by atoms with Crippen molar-refractivity contribution >= 4 is 23.6 Å². The molecule has 0 aliphatic heterocycles. The molecule has 0 saturated carbocycles. The van der Waals surface area contributed by atoms with Gasteiger partial charge >= 0.3 is 5.97 Å². The van der Waals surface area contributed by atoms with Crippen LogP contribution in [0, 0.1) is 0 Å². The molecule has 0 unspecified atom stereocenters. The number of carbonyl (C=O) groups is 2. The summed E-state index contributed by atoms with van der Waals surface area (Å²) >= 11 is 0. The molecule has 0 radical (unpaired) electrons. The molecule has 5 nitrogen and oxygen atoms in total. The molecular formula is C18H17NO4. The fourth-order valence-electron chi connectivity index (χ4n) is 1.87. The molecule has 1 N–H and O–H groups in total. The first-order valence-electron chi connectivity index (χ1n) is 6.98. The molecule has 2 rings (SSSR count). The van der Waals surface area contributed by atoms with Gasteiger partial charge in [-0.3, -0.25) is 4.79 Å². The molecule has 118 valence electrons. The normalized spacial score (nSPS) is 10.3. The number of hydrogen-bond donors (Lipinski definition) is 1. The fraction of sp³-hybridized carbons (Fsp3) is 0.111. The molecule has 1 amide bonds. The Hall–Kier alpha value is -3.08. The third-order valence-corrected chi connectivity index (χ3v) is 2.90. The zero-order chi connectivity index (χ0) is 16.7. The van der Waals surface area contributed by atoms with Gasteiger partial charge < -0.3 is 14.8 Å². The van der Waals surface area contributed by atoms with Crippen molar-refractivity contribution in [3.05, 3.63) is 60.2 Å². The summed E-state index contributed by atoms with van der Waals surface area (Å²) in [6, 6.07) is 13.9. The topological polar surface area (TPSA) is 64.6 Å². The van der Waals surface area contributed by atoms with Crippen molar-refractivity contribution in [1.29, 1.82) is 0 Å². The van der Waals surface area contributed by atoms with E-state index in [0.29, 0.717) is 17.2 Å². The van der Waals surface area contributed by atoms with Gasteiger partial charge in [0.25, 0.3) is 0 Å². The lowest BCUT2D eigenvalue weighted by molar-refractivity contribution is -0.128. The lowest BCUT2D eigenvalue weighted by Gasteiger charge is -2.04. The summed E-state index contributed by atoms with van der Waals surface area (Å²) in [6.45, 7) is 1.43. The zero-order valence-electron chi connectivity index (χ0n) is 12.9. The first-order valence-corrected chi connectivity index (χ1v) is 6.98. The van der Waals surface area contributed by atoms with Gasteiger partial charge in [0.1, 0.15) is 11.5 Å². The van der Waals surface area contributed by atoms with Crippen LogP contribution < -0.4 is 14.8 Å². The van der Waals surface area contributed by atoms with E-state index in [4.69, 9.17) is 9.47 Å². The fourth-order valence-corrected chi connectivity index (χ4v) is 1.87. The Kier molecular flexibility index (Phi) is 5.52. The predicted octanol–water partition coefficient (Wildman–Crippen LogP) is 3.27. The van der Waals surface area contributed by atoms with Crippen molar-refractivity contribution in [2.75, 3.05) is 12.4 Å². The highest BCUT2D eigenvalue weighted by Crippen LogP contribution is 2.17. The second-order valence-corrected chi connectivity index (χ2v) is 4.74. The number of carbonyl (C=O) groups excluding carboxylic acids is 2. The molecule has 0 atom stereocenters. The maximum atomic E-state index is 11.8. The predicted molar refractivity (Wildman–Crippen MR) is 88.4 cm³/mol. The molecule has 0 spiro atoms. The summed E-state index contributed by atoms with van der Waals surface area (Å²) in [7, 11) is 1.59. The zero-order valence-corrected chi connectivity index (χ0v) is 12.9. The van der Waals surface area contributed by atoms with Crippen LogP contribution in [-0.4, -0.2) is 19.0 Å². The molecule has 5 heteroatoms. The third-order valence-electron chi connectivity index (χ3n) is 2.90. The van der Waals surface area contributed by atoms with Crippen molar-refractivity contribution in [1.82, 2.24) is 0 Å². The van der Waals surface area contributed by atoms with E-state index >= 15 is 0 Å². The van der Waals surface area contributed by atoms with Crippen molar-refractivity contribution < 1.29 is 19.1 Å². The first-order chi connectivity index (χ1) is 11.1. The van der Waals surface area contributed by atoms with Crippen molar-refractivity contribution in [2.45, 2.75) is 6.92 Å². The van der Waals surface area contributed by atoms with Gasteiger partial charge in [-0.25, -0.2) is 4.79 Å². The van der Waals surface area contributed by atoms with Crippen molar-refractivity contribution in [3.63, 3.8) is 0 Å². The second kappa shape index (κ2) is 7.79. The molecule has 23 heavy (non-hydrogen) atoms.